The maximum absolute atomic E-state index is 6.97. The van der Waals surface area contributed by atoms with Gasteiger partial charge in [-0.2, -0.15) is 0 Å². The van der Waals surface area contributed by atoms with Crippen LogP contribution in [0.25, 0.3) is 27.6 Å². The number of nitrogens with zero attached hydrogens (tertiary/aromatic N) is 4. The van der Waals surface area contributed by atoms with Gasteiger partial charge in [0.1, 0.15) is 17.3 Å². The molecule has 8 rings (SSSR count). The molecule has 2 aromatic heterocycles. The zero-order chi connectivity index (χ0) is 44.6. The van der Waals surface area contributed by atoms with Gasteiger partial charge in [-0.15, -0.1) is 0 Å². The van der Waals surface area contributed by atoms with Gasteiger partial charge in [-0.1, -0.05) is 145 Å². The Kier molecular flexibility index (Phi) is 10.5. The molecule has 3 heterocycles. The van der Waals surface area contributed by atoms with Crippen molar-refractivity contribution in [3.05, 3.63) is 167 Å². The van der Waals surface area contributed by atoms with Crippen LogP contribution in [0, 0.1) is 5.41 Å². The second-order valence-electron chi connectivity index (χ2n) is 22.1. The summed E-state index contributed by atoms with van der Waals surface area (Å²) in [6, 6.07) is 44.5. The van der Waals surface area contributed by atoms with Crippen LogP contribution in [0.3, 0.4) is 0 Å². The minimum Gasteiger partial charge on any atom is -0.457 e. The highest BCUT2D eigenvalue weighted by molar-refractivity contribution is 6.09. The smallest absolute Gasteiger partial charge is 0.137 e. The van der Waals surface area contributed by atoms with E-state index in [1.54, 1.807) is 0 Å². The van der Waals surface area contributed by atoms with E-state index in [2.05, 4.69) is 239 Å². The molecule has 1 aliphatic rings. The maximum atomic E-state index is 6.97. The molecule has 0 N–H and O–H groups in total. The average Bonchev–Trinajstić information content (AvgIpc) is 3.81. The van der Waals surface area contributed by atoms with Gasteiger partial charge in [0.25, 0.3) is 0 Å². The molecule has 0 amide bonds. The van der Waals surface area contributed by atoms with Crippen LogP contribution in [-0.2, 0) is 21.7 Å². The summed E-state index contributed by atoms with van der Waals surface area (Å²) in [5.41, 5.74) is 11.8. The Morgan fingerprint density at radius 3 is 1.81 bits per heavy atom. The number of allylic oxidation sites excluding steroid dienone is 1. The van der Waals surface area contributed by atoms with Gasteiger partial charge >= 0.3 is 0 Å². The van der Waals surface area contributed by atoms with Crippen molar-refractivity contribution in [1.29, 1.82) is 0 Å². The van der Waals surface area contributed by atoms with Crippen molar-refractivity contribution in [2.75, 3.05) is 16.5 Å². The minimum absolute atomic E-state index is 0.0154. The Labute approximate surface area is 371 Å². The zero-order valence-corrected chi connectivity index (χ0v) is 39.6. The number of rotatable bonds is 7. The van der Waals surface area contributed by atoms with Gasteiger partial charge < -0.3 is 14.5 Å². The fourth-order valence-electron chi connectivity index (χ4n) is 8.71. The molecule has 0 saturated heterocycles. The summed E-state index contributed by atoms with van der Waals surface area (Å²) in [7, 11) is 0. The number of pyridine rings is 1. The molecule has 0 spiro atoms. The Bertz CT molecular complexity index is 2810. The normalized spacial score (nSPS) is 14.3. The van der Waals surface area contributed by atoms with E-state index >= 15 is 0 Å². The topological polar surface area (TPSA) is 33.5 Å². The first kappa shape index (κ1) is 42.9. The van der Waals surface area contributed by atoms with Crippen molar-refractivity contribution in [3.8, 4) is 17.3 Å². The van der Waals surface area contributed by atoms with Crippen molar-refractivity contribution in [2.24, 2.45) is 5.41 Å². The zero-order valence-electron chi connectivity index (χ0n) is 39.6. The molecule has 0 radical (unpaired) electrons. The van der Waals surface area contributed by atoms with Crippen LogP contribution in [0.2, 0.25) is 0 Å². The first-order valence-corrected chi connectivity index (χ1v) is 22.3. The van der Waals surface area contributed by atoms with Gasteiger partial charge in [-0.3, -0.25) is 4.57 Å². The lowest BCUT2D eigenvalue weighted by Crippen LogP contribution is -2.31. The molecule has 7 aromatic rings. The summed E-state index contributed by atoms with van der Waals surface area (Å²) in [4.78, 5) is 9.83. The Hall–Kier alpha value is -5.81. The molecule has 0 unspecified atom stereocenters. The van der Waals surface area contributed by atoms with E-state index < -0.39 is 0 Å². The number of hydrogen-bond donors (Lipinski definition) is 0. The Balaban J connectivity index is 1.20. The van der Waals surface area contributed by atoms with Crippen LogP contribution in [-0.4, -0.2) is 16.2 Å². The fourth-order valence-corrected chi connectivity index (χ4v) is 8.71. The molecular weight excluding hydrogens is 757 g/mol. The predicted molar refractivity (Wildman–Crippen MR) is 264 cm³/mol. The number of aromatic nitrogens is 2. The molecule has 62 heavy (non-hydrogen) atoms. The highest BCUT2D eigenvalue weighted by atomic mass is 16.5. The Morgan fingerprint density at radius 1 is 0.468 bits per heavy atom. The first-order chi connectivity index (χ1) is 29.0. The molecule has 0 atom stereocenters. The molecular formula is C57H66N4O. The predicted octanol–water partition coefficient (Wildman–Crippen LogP) is 15.4. The van der Waals surface area contributed by atoms with E-state index in [0.29, 0.717) is 6.67 Å². The minimum atomic E-state index is -0.144. The largest absolute Gasteiger partial charge is 0.457 e. The fraction of sp³-hybridized carbons (Fsp3) is 0.351. The van der Waals surface area contributed by atoms with Crippen LogP contribution in [0.1, 0.15) is 125 Å². The van der Waals surface area contributed by atoms with E-state index in [1.807, 2.05) is 6.20 Å². The molecule has 5 nitrogen and oxygen atoms in total. The first-order valence-electron chi connectivity index (χ1n) is 22.3. The average molecular weight is 823 g/mol. The van der Waals surface area contributed by atoms with E-state index in [1.165, 1.54) is 50.0 Å². The summed E-state index contributed by atoms with van der Waals surface area (Å²) in [6.45, 7) is 32.7. The van der Waals surface area contributed by atoms with Gasteiger partial charge in [0.15, 0.2) is 0 Å². The van der Waals surface area contributed by atoms with Crippen LogP contribution in [0.4, 0.5) is 11.4 Å². The molecule has 5 aromatic carbocycles. The second kappa shape index (κ2) is 15.2. The number of benzene rings is 5. The molecule has 0 fully saturated rings. The maximum Gasteiger partial charge on any atom is 0.137 e. The third kappa shape index (κ3) is 8.27. The van der Waals surface area contributed by atoms with Crippen molar-refractivity contribution in [2.45, 2.75) is 119 Å². The van der Waals surface area contributed by atoms with Crippen molar-refractivity contribution in [1.82, 2.24) is 9.55 Å². The van der Waals surface area contributed by atoms with Crippen molar-refractivity contribution < 1.29 is 4.74 Å². The van der Waals surface area contributed by atoms with Crippen LogP contribution in [0.15, 0.2) is 139 Å². The van der Waals surface area contributed by atoms with Crippen LogP contribution < -0.4 is 14.5 Å². The Morgan fingerprint density at radius 2 is 1.13 bits per heavy atom. The summed E-state index contributed by atoms with van der Waals surface area (Å²) in [6.07, 6.45) is 4.29. The standard InChI is InChI=1S/C57H66N4O/c1-53(2,3)39-23-26-49-48(32-39)47-25-24-45(35-50(47)61(49)52-33-40(27-28-58-52)54(4,5)6)62-46-31-42(55(7,8)9)30-44(34-46)59-36-51(56(10,11)12)60(37-59)43-22-18-21-41(29-43)57(13,14)38-19-16-15-17-20-38/h15-36H,37H2,1-14H3. The van der Waals surface area contributed by atoms with Crippen molar-refractivity contribution >= 4 is 33.2 Å². The molecule has 320 valence electrons. The van der Waals surface area contributed by atoms with Gasteiger partial charge in [-0.25, -0.2) is 4.98 Å². The second-order valence-corrected chi connectivity index (χ2v) is 22.1. The van der Waals surface area contributed by atoms with E-state index in [0.717, 1.165) is 34.0 Å². The van der Waals surface area contributed by atoms with Crippen LogP contribution in [0.5, 0.6) is 11.5 Å². The molecule has 0 saturated carbocycles. The summed E-state index contributed by atoms with van der Waals surface area (Å²) in [5, 5.41) is 2.40. The molecule has 0 aliphatic carbocycles. The quantitative estimate of drug-likeness (QED) is 0.160. The lowest BCUT2D eigenvalue weighted by atomic mass is 9.78. The number of anilines is 2. The lowest BCUT2D eigenvalue weighted by Gasteiger charge is -2.33. The number of fused-ring (bicyclic) bond motifs is 3. The molecule has 5 heteroatoms. The highest BCUT2D eigenvalue weighted by Crippen LogP contribution is 2.43. The monoisotopic (exact) mass is 823 g/mol. The SMILES string of the molecule is CC(C)(C)C1=CN(c2cc(Oc3ccc4c5cc(C(C)(C)C)ccc5n(-c5cc(C(C)(C)C)ccn5)c4c3)cc(C(C)(C)C)c2)CN1c1cccc(C(C)(C)c2ccccc2)c1. The van der Waals surface area contributed by atoms with Gasteiger partial charge in [0.05, 0.1) is 17.7 Å². The van der Waals surface area contributed by atoms with E-state index in [9.17, 15) is 0 Å². The molecule has 1 aliphatic heterocycles. The number of hydrogen-bond acceptors (Lipinski definition) is 4. The third-order valence-electron chi connectivity index (χ3n) is 12.8. The van der Waals surface area contributed by atoms with E-state index in [4.69, 9.17) is 9.72 Å². The van der Waals surface area contributed by atoms with Crippen LogP contribution >= 0.6 is 0 Å². The third-order valence-corrected chi connectivity index (χ3v) is 12.8. The van der Waals surface area contributed by atoms with Gasteiger partial charge in [-0.05, 0) is 105 Å². The summed E-state index contributed by atoms with van der Waals surface area (Å²) < 4.78 is 9.28. The number of ether oxygens (including phenoxy) is 1. The summed E-state index contributed by atoms with van der Waals surface area (Å²) >= 11 is 0. The molecule has 0 bridgehead atoms. The van der Waals surface area contributed by atoms with Gasteiger partial charge in [0, 0.05) is 63.2 Å². The van der Waals surface area contributed by atoms with Crippen molar-refractivity contribution in [3.63, 3.8) is 0 Å². The lowest BCUT2D eigenvalue weighted by molar-refractivity contribution is 0.479. The van der Waals surface area contributed by atoms with Gasteiger partial charge in [0.2, 0.25) is 0 Å². The highest BCUT2D eigenvalue weighted by Gasteiger charge is 2.33. The summed E-state index contributed by atoms with van der Waals surface area (Å²) in [5.74, 6) is 2.51. The van der Waals surface area contributed by atoms with E-state index in [-0.39, 0.29) is 27.1 Å².